The maximum Gasteiger partial charge on any atom is 0.327 e. The van der Waals surface area contributed by atoms with Crippen molar-refractivity contribution in [1.29, 1.82) is 0 Å². The second-order valence-electron chi connectivity index (χ2n) is 7.32. The number of fused-ring (bicyclic) bond motifs is 5. The fourth-order valence-electron chi connectivity index (χ4n) is 4.50. The first kappa shape index (κ1) is 18.5. The van der Waals surface area contributed by atoms with E-state index < -0.39 is 17.4 Å². The molecule has 2 aliphatic carbocycles. The predicted octanol–water partition coefficient (Wildman–Crippen LogP) is 4.43. The second-order valence-corrected chi connectivity index (χ2v) is 7.32. The highest BCUT2D eigenvalue weighted by molar-refractivity contribution is 6.06. The molecule has 4 rings (SSSR count). The van der Waals surface area contributed by atoms with Crippen molar-refractivity contribution in [3.8, 4) is 11.1 Å². The number of carbonyl (C=O) groups is 2. The van der Waals surface area contributed by atoms with Gasteiger partial charge in [-0.1, -0.05) is 54.6 Å². The number of hydrogen-bond donors (Lipinski definition) is 0. The Morgan fingerprint density at radius 1 is 0.893 bits per heavy atom. The predicted molar refractivity (Wildman–Crippen MR) is 107 cm³/mol. The Bertz CT molecular complexity index is 939. The van der Waals surface area contributed by atoms with Gasteiger partial charge in [-0.15, -0.1) is 0 Å². The molecule has 0 radical (unpaired) electrons. The summed E-state index contributed by atoms with van der Waals surface area (Å²) in [6, 6.07) is 16.6. The van der Waals surface area contributed by atoms with Gasteiger partial charge in [0.05, 0.1) is 13.2 Å². The van der Waals surface area contributed by atoms with Crippen molar-refractivity contribution in [2.45, 2.75) is 26.7 Å². The van der Waals surface area contributed by atoms with Crippen LogP contribution in [0.15, 0.2) is 54.6 Å². The SMILES string of the molecule is CCOC(=O)C1(C(=O)OCC)C=C2c3ccccc3-c3ccccc3CC2C1. The lowest BCUT2D eigenvalue weighted by atomic mass is 9.83. The maximum atomic E-state index is 12.9. The van der Waals surface area contributed by atoms with E-state index in [9.17, 15) is 9.59 Å². The number of allylic oxidation sites excluding steroid dienone is 1. The van der Waals surface area contributed by atoms with Crippen LogP contribution in [0.5, 0.6) is 0 Å². The molecular formula is C24H24O4. The van der Waals surface area contributed by atoms with Gasteiger partial charge in [0.1, 0.15) is 0 Å². The quantitative estimate of drug-likeness (QED) is 0.585. The molecule has 0 fully saturated rings. The average molecular weight is 376 g/mol. The summed E-state index contributed by atoms with van der Waals surface area (Å²) in [6.45, 7) is 3.96. The molecular weight excluding hydrogens is 352 g/mol. The maximum absolute atomic E-state index is 12.9. The van der Waals surface area contributed by atoms with Crippen molar-refractivity contribution in [2.75, 3.05) is 13.2 Å². The fraction of sp³-hybridized carbons (Fsp3) is 0.333. The lowest BCUT2D eigenvalue weighted by Crippen LogP contribution is -2.39. The molecule has 0 spiro atoms. The zero-order valence-electron chi connectivity index (χ0n) is 16.2. The van der Waals surface area contributed by atoms with Gasteiger partial charge in [0, 0.05) is 0 Å². The summed E-state index contributed by atoms with van der Waals surface area (Å²) in [5.74, 6) is -0.974. The van der Waals surface area contributed by atoms with Gasteiger partial charge < -0.3 is 9.47 Å². The molecule has 4 heteroatoms. The van der Waals surface area contributed by atoms with Crippen LogP contribution in [0.3, 0.4) is 0 Å². The van der Waals surface area contributed by atoms with Crippen LogP contribution in [0.2, 0.25) is 0 Å². The first-order chi connectivity index (χ1) is 13.6. The van der Waals surface area contributed by atoms with E-state index in [1.807, 2.05) is 30.3 Å². The summed E-state index contributed by atoms with van der Waals surface area (Å²) >= 11 is 0. The molecule has 2 aromatic rings. The fourth-order valence-corrected chi connectivity index (χ4v) is 4.50. The Balaban J connectivity index is 1.89. The summed E-state index contributed by atoms with van der Waals surface area (Å²) in [5, 5.41) is 0. The minimum absolute atomic E-state index is 0.0543. The van der Waals surface area contributed by atoms with Crippen molar-refractivity contribution in [2.24, 2.45) is 11.3 Å². The molecule has 144 valence electrons. The summed E-state index contributed by atoms with van der Waals surface area (Å²) in [7, 11) is 0. The topological polar surface area (TPSA) is 52.6 Å². The van der Waals surface area contributed by atoms with Gasteiger partial charge in [0.15, 0.2) is 5.41 Å². The van der Waals surface area contributed by atoms with Gasteiger partial charge in [-0.3, -0.25) is 9.59 Å². The number of carbonyl (C=O) groups excluding carboxylic acids is 2. The van der Waals surface area contributed by atoms with E-state index in [1.165, 1.54) is 11.1 Å². The molecule has 0 bridgehead atoms. The van der Waals surface area contributed by atoms with Crippen molar-refractivity contribution in [1.82, 2.24) is 0 Å². The number of hydrogen-bond acceptors (Lipinski definition) is 4. The molecule has 2 aromatic carbocycles. The molecule has 0 aliphatic heterocycles. The third kappa shape index (κ3) is 2.84. The molecule has 0 N–H and O–H groups in total. The molecule has 0 saturated heterocycles. The Morgan fingerprint density at radius 3 is 2.11 bits per heavy atom. The number of ether oxygens (including phenoxy) is 2. The zero-order valence-corrected chi connectivity index (χ0v) is 16.2. The van der Waals surface area contributed by atoms with Crippen LogP contribution in [0, 0.1) is 11.3 Å². The van der Waals surface area contributed by atoms with Gasteiger partial charge in [-0.25, -0.2) is 0 Å². The van der Waals surface area contributed by atoms with E-state index in [-0.39, 0.29) is 19.1 Å². The minimum Gasteiger partial charge on any atom is -0.465 e. The zero-order chi connectivity index (χ0) is 19.7. The van der Waals surface area contributed by atoms with E-state index in [0.717, 1.165) is 23.1 Å². The molecule has 0 heterocycles. The van der Waals surface area contributed by atoms with E-state index in [0.29, 0.717) is 6.42 Å². The average Bonchev–Trinajstić information content (AvgIpc) is 3.04. The monoisotopic (exact) mass is 376 g/mol. The van der Waals surface area contributed by atoms with Gasteiger partial charge in [-0.05, 0) is 60.4 Å². The summed E-state index contributed by atoms with van der Waals surface area (Å²) in [5.41, 5.74) is 4.32. The molecule has 28 heavy (non-hydrogen) atoms. The minimum atomic E-state index is -1.37. The molecule has 0 saturated carbocycles. The molecule has 1 unspecified atom stereocenters. The molecule has 0 aromatic heterocycles. The smallest absolute Gasteiger partial charge is 0.327 e. The largest absolute Gasteiger partial charge is 0.465 e. The molecule has 0 amide bonds. The Hall–Kier alpha value is -2.88. The highest BCUT2D eigenvalue weighted by Crippen LogP contribution is 2.51. The van der Waals surface area contributed by atoms with Gasteiger partial charge >= 0.3 is 11.9 Å². The van der Waals surface area contributed by atoms with E-state index >= 15 is 0 Å². The van der Waals surface area contributed by atoms with Crippen molar-refractivity contribution in [3.05, 3.63) is 65.7 Å². The lowest BCUT2D eigenvalue weighted by molar-refractivity contribution is -0.168. The molecule has 1 atom stereocenters. The van der Waals surface area contributed by atoms with Crippen LogP contribution in [0.1, 0.15) is 31.4 Å². The Morgan fingerprint density at radius 2 is 1.46 bits per heavy atom. The highest BCUT2D eigenvalue weighted by Gasteiger charge is 2.54. The van der Waals surface area contributed by atoms with Crippen molar-refractivity contribution in [3.63, 3.8) is 0 Å². The van der Waals surface area contributed by atoms with E-state index in [1.54, 1.807) is 13.8 Å². The van der Waals surface area contributed by atoms with E-state index in [2.05, 4.69) is 24.3 Å². The number of rotatable bonds is 4. The van der Waals surface area contributed by atoms with Crippen LogP contribution >= 0.6 is 0 Å². The number of benzene rings is 2. The summed E-state index contributed by atoms with van der Waals surface area (Å²) < 4.78 is 10.6. The highest BCUT2D eigenvalue weighted by atomic mass is 16.6. The molecule has 4 nitrogen and oxygen atoms in total. The van der Waals surface area contributed by atoms with Crippen LogP contribution in [-0.2, 0) is 25.5 Å². The third-order valence-electron chi connectivity index (χ3n) is 5.70. The van der Waals surface area contributed by atoms with Crippen molar-refractivity contribution >= 4 is 17.5 Å². The first-order valence-electron chi connectivity index (χ1n) is 9.85. The van der Waals surface area contributed by atoms with E-state index in [4.69, 9.17) is 9.47 Å². The normalized spacial score (nSPS) is 18.8. The van der Waals surface area contributed by atoms with Crippen LogP contribution in [0.25, 0.3) is 16.7 Å². The van der Waals surface area contributed by atoms with Crippen LogP contribution in [0.4, 0.5) is 0 Å². The second kappa shape index (κ2) is 7.27. The van der Waals surface area contributed by atoms with Crippen molar-refractivity contribution < 1.29 is 19.1 Å². The standard InChI is InChI=1S/C24H24O4/c1-3-27-22(25)24(23(26)28-4-2)14-17-13-16-9-5-6-10-18(16)19-11-7-8-12-20(19)21(17)15-24/h5-12,15,17H,3-4,13-14H2,1-2H3. The first-order valence-corrected chi connectivity index (χ1v) is 9.85. The van der Waals surface area contributed by atoms with Crippen LogP contribution < -0.4 is 0 Å². The Labute approximate surface area is 165 Å². The lowest BCUT2D eigenvalue weighted by Gasteiger charge is -2.24. The van der Waals surface area contributed by atoms with Crippen LogP contribution in [-0.4, -0.2) is 25.2 Å². The number of esters is 2. The van der Waals surface area contributed by atoms with Gasteiger partial charge in [-0.2, -0.15) is 0 Å². The Kier molecular flexibility index (Phi) is 4.80. The summed E-state index contributed by atoms with van der Waals surface area (Å²) in [4.78, 5) is 25.8. The third-order valence-corrected chi connectivity index (χ3v) is 5.70. The summed E-state index contributed by atoms with van der Waals surface area (Å²) in [6.07, 6.45) is 2.97. The van der Waals surface area contributed by atoms with Gasteiger partial charge in [0.2, 0.25) is 0 Å². The van der Waals surface area contributed by atoms with Gasteiger partial charge in [0.25, 0.3) is 0 Å². The molecule has 2 aliphatic rings.